The molecule has 0 bridgehead atoms. The molecule has 0 unspecified atom stereocenters. The van der Waals surface area contributed by atoms with Crippen LogP contribution < -0.4 is 5.43 Å². The Balaban J connectivity index is 1.65. The van der Waals surface area contributed by atoms with E-state index in [1.165, 1.54) is 36.9 Å². The highest BCUT2D eigenvalue weighted by molar-refractivity contribution is 6.02. The third-order valence-corrected chi connectivity index (χ3v) is 6.36. The van der Waals surface area contributed by atoms with E-state index in [1.54, 1.807) is 11.6 Å². The van der Waals surface area contributed by atoms with Gasteiger partial charge in [-0.15, -0.1) is 0 Å². The zero-order valence-corrected chi connectivity index (χ0v) is 22.7. The number of benzene rings is 3. The Morgan fingerprint density at radius 3 is 2.15 bits per heavy atom. The average Bonchev–Trinajstić information content (AvgIpc) is 3.26. The van der Waals surface area contributed by atoms with Crippen molar-refractivity contribution in [1.29, 1.82) is 0 Å². The van der Waals surface area contributed by atoms with E-state index < -0.39 is 11.9 Å². The number of hydrazone groups is 1. The van der Waals surface area contributed by atoms with Crippen LogP contribution in [-0.4, -0.2) is 39.6 Å². The van der Waals surface area contributed by atoms with E-state index >= 15 is 0 Å². The molecule has 0 aliphatic carbocycles. The van der Waals surface area contributed by atoms with Gasteiger partial charge in [0.1, 0.15) is 5.69 Å². The molecule has 3 aromatic carbocycles. The molecule has 1 aromatic heterocycles. The summed E-state index contributed by atoms with van der Waals surface area (Å²) >= 11 is 0. The first-order valence-corrected chi connectivity index (χ1v) is 12.6. The first-order chi connectivity index (χ1) is 18.6. The number of aromatic hydroxyl groups is 1. The number of nitrogens with zero attached hydrogens (tertiary/aromatic N) is 3. The van der Waals surface area contributed by atoms with Crippen molar-refractivity contribution >= 4 is 17.6 Å². The van der Waals surface area contributed by atoms with Gasteiger partial charge >= 0.3 is 5.97 Å². The van der Waals surface area contributed by atoms with Crippen LogP contribution in [0.15, 0.2) is 84.0 Å². The lowest BCUT2D eigenvalue weighted by molar-refractivity contribution is 0.0600. The molecule has 0 aliphatic rings. The number of amides is 1. The van der Waals surface area contributed by atoms with Crippen molar-refractivity contribution in [2.75, 3.05) is 7.11 Å². The van der Waals surface area contributed by atoms with Gasteiger partial charge in [-0.2, -0.15) is 10.2 Å². The number of carbonyl (C=O) groups excluding carboxylic acids is 2. The number of methoxy groups -OCH3 is 1. The zero-order valence-electron chi connectivity index (χ0n) is 22.7. The van der Waals surface area contributed by atoms with E-state index in [2.05, 4.69) is 53.3 Å². The van der Waals surface area contributed by atoms with Crippen LogP contribution in [0.2, 0.25) is 0 Å². The summed E-state index contributed by atoms with van der Waals surface area (Å²) in [7, 11) is 1.30. The molecule has 8 heteroatoms. The van der Waals surface area contributed by atoms with Crippen molar-refractivity contribution in [1.82, 2.24) is 15.2 Å². The van der Waals surface area contributed by atoms with Crippen molar-refractivity contribution in [3.63, 3.8) is 0 Å². The smallest absolute Gasteiger partial charge is 0.337 e. The summed E-state index contributed by atoms with van der Waals surface area (Å²) in [5, 5.41) is 20.2. The molecule has 200 valence electrons. The summed E-state index contributed by atoms with van der Waals surface area (Å²) in [5.74, 6) is -0.972. The highest BCUT2D eigenvalue weighted by Crippen LogP contribution is 2.34. The third kappa shape index (κ3) is 6.23. The van der Waals surface area contributed by atoms with Gasteiger partial charge in [0.25, 0.3) is 5.91 Å². The molecular weight excluding hydrogens is 492 g/mol. The molecule has 1 heterocycles. The van der Waals surface area contributed by atoms with E-state index in [-0.39, 0.29) is 16.9 Å². The lowest BCUT2D eigenvalue weighted by atomic mass is 9.86. The molecule has 0 atom stereocenters. The number of esters is 1. The van der Waals surface area contributed by atoms with Crippen LogP contribution in [-0.2, 0) is 16.7 Å². The van der Waals surface area contributed by atoms with Gasteiger partial charge in [-0.25, -0.2) is 10.2 Å². The maximum Gasteiger partial charge on any atom is 0.337 e. The van der Waals surface area contributed by atoms with Crippen LogP contribution in [0.5, 0.6) is 5.75 Å². The Morgan fingerprint density at radius 1 is 0.949 bits per heavy atom. The standard InChI is InChI=1S/C31H32N4O4/c1-20(32-33-29(37)23-11-13-24(14-12-23)30(38)39-5)26-28(36)27(22-15-17-25(18-16-22)31(2,3)4)35(34-26)19-21-9-7-6-8-10-21/h6-18,36H,19H2,1-5H3,(H,33,37). The van der Waals surface area contributed by atoms with E-state index in [9.17, 15) is 14.7 Å². The monoisotopic (exact) mass is 524 g/mol. The van der Waals surface area contributed by atoms with Gasteiger partial charge in [0.05, 0.1) is 24.9 Å². The largest absolute Gasteiger partial charge is 0.504 e. The highest BCUT2D eigenvalue weighted by atomic mass is 16.5. The van der Waals surface area contributed by atoms with Crippen LogP contribution in [0.25, 0.3) is 11.3 Å². The minimum Gasteiger partial charge on any atom is -0.504 e. The lowest BCUT2D eigenvalue weighted by Gasteiger charge is -2.19. The summed E-state index contributed by atoms with van der Waals surface area (Å²) in [5.41, 5.74) is 7.35. The van der Waals surface area contributed by atoms with Gasteiger partial charge in [0, 0.05) is 11.1 Å². The SMILES string of the molecule is COC(=O)c1ccc(C(=O)NN=C(C)c2nn(Cc3ccccc3)c(-c3ccc(C(C)(C)C)cc3)c2O)cc1. The number of nitrogens with one attached hydrogen (secondary N) is 1. The highest BCUT2D eigenvalue weighted by Gasteiger charge is 2.22. The van der Waals surface area contributed by atoms with Crippen LogP contribution in [0.1, 0.15) is 65.2 Å². The van der Waals surface area contributed by atoms with Gasteiger partial charge in [-0.1, -0.05) is 75.4 Å². The van der Waals surface area contributed by atoms with Gasteiger partial charge in [-0.05, 0) is 47.7 Å². The van der Waals surface area contributed by atoms with E-state index in [1.807, 2.05) is 42.5 Å². The van der Waals surface area contributed by atoms with E-state index in [4.69, 9.17) is 0 Å². The van der Waals surface area contributed by atoms with Gasteiger partial charge in [0.2, 0.25) is 0 Å². The molecule has 8 nitrogen and oxygen atoms in total. The third-order valence-electron chi connectivity index (χ3n) is 6.36. The maximum atomic E-state index is 12.6. The number of hydrogen-bond donors (Lipinski definition) is 2. The minimum absolute atomic E-state index is 0.00288. The molecule has 0 fully saturated rings. The molecule has 4 rings (SSSR count). The van der Waals surface area contributed by atoms with Crippen molar-refractivity contribution in [2.45, 2.75) is 39.7 Å². The number of carbonyl (C=O) groups is 2. The van der Waals surface area contributed by atoms with Crippen molar-refractivity contribution < 1.29 is 19.4 Å². The number of ether oxygens (including phenoxy) is 1. The Hall–Kier alpha value is -4.72. The predicted molar refractivity (Wildman–Crippen MR) is 151 cm³/mol. The summed E-state index contributed by atoms with van der Waals surface area (Å²) in [6.45, 7) is 8.56. The predicted octanol–water partition coefficient (Wildman–Crippen LogP) is 5.54. The summed E-state index contributed by atoms with van der Waals surface area (Å²) in [6, 6.07) is 24.0. The Bertz CT molecular complexity index is 1500. The second-order valence-corrected chi connectivity index (χ2v) is 10.2. The molecule has 4 aromatic rings. The van der Waals surface area contributed by atoms with Crippen molar-refractivity contribution in [3.05, 3.63) is 107 Å². The van der Waals surface area contributed by atoms with Gasteiger partial charge in [0.15, 0.2) is 11.4 Å². The first kappa shape index (κ1) is 27.3. The second kappa shape index (κ2) is 11.3. The molecule has 0 radical (unpaired) electrons. The van der Waals surface area contributed by atoms with Crippen LogP contribution in [0.4, 0.5) is 0 Å². The van der Waals surface area contributed by atoms with Crippen LogP contribution in [0.3, 0.4) is 0 Å². The summed E-state index contributed by atoms with van der Waals surface area (Å²) < 4.78 is 6.43. The second-order valence-electron chi connectivity index (χ2n) is 10.2. The number of aromatic nitrogens is 2. The topological polar surface area (TPSA) is 106 Å². The van der Waals surface area contributed by atoms with Crippen LogP contribution >= 0.6 is 0 Å². The zero-order chi connectivity index (χ0) is 28.2. The van der Waals surface area contributed by atoms with E-state index in [0.717, 1.165) is 11.1 Å². The molecular formula is C31H32N4O4. The number of rotatable bonds is 7. The fourth-order valence-electron chi connectivity index (χ4n) is 4.11. The molecule has 39 heavy (non-hydrogen) atoms. The summed E-state index contributed by atoms with van der Waals surface area (Å²) in [6.07, 6.45) is 0. The molecule has 0 saturated heterocycles. The van der Waals surface area contributed by atoms with Crippen molar-refractivity contribution in [3.8, 4) is 17.0 Å². The lowest BCUT2D eigenvalue weighted by Crippen LogP contribution is -2.19. The molecule has 0 aliphatic heterocycles. The minimum atomic E-state index is -0.485. The van der Waals surface area contributed by atoms with E-state index in [0.29, 0.717) is 29.1 Å². The first-order valence-electron chi connectivity index (χ1n) is 12.6. The van der Waals surface area contributed by atoms with Gasteiger partial charge < -0.3 is 9.84 Å². The van der Waals surface area contributed by atoms with Gasteiger partial charge in [-0.3, -0.25) is 9.48 Å². The average molecular weight is 525 g/mol. The molecule has 1 amide bonds. The Morgan fingerprint density at radius 2 is 1.56 bits per heavy atom. The Labute approximate surface area is 228 Å². The number of hydrogen-bond acceptors (Lipinski definition) is 6. The van der Waals surface area contributed by atoms with Crippen LogP contribution in [0, 0.1) is 0 Å². The quantitative estimate of drug-likeness (QED) is 0.188. The molecule has 0 saturated carbocycles. The molecule has 0 spiro atoms. The van der Waals surface area contributed by atoms with Crippen molar-refractivity contribution in [2.24, 2.45) is 5.10 Å². The normalized spacial score (nSPS) is 11.8. The summed E-state index contributed by atoms with van der Waals surface area (Å²) in [4.78, 5) is 24.3. The fourth-order valence-corrected chi connectivity index (χ4v) is 4.11. The Kier molecular flexibility index (Phi) is 7.95. The molecule has 2 N–H and O–H groups in total. The maximum absolute atomic E-state index is 12.6. The fraction of sp³-hybridized carbons (Fsp3) is 0.226.